The highest BCUT2D eigenvalue weighted by Gasteiger charge is 2.11. The van der Waals surface area contributed by atoms with Gasteiger partial charge in [0.25, 0.3) is 0 Å². The molecule has 1 heterocycles. The molecule has 0 radical (unpaired) electrons. The Kier molecular flexibility index (Phi) is 6.46. The third-order valence-corrected chi connectivity index (χ3v) is 4.07. The van der Waals surface area contributed by atoms with Crippen LogP contribution in [-0.4, -0.2) is 25.1 Å². The molecule has 0 aliphatic rings. The topological polar surface area (TPSA) is 69.7 Å². The van der Waals surface area contributed by atoms with Crippen molar-refractivity contribution in [2.45, 2.75) is 13.0 Å². The lowest BCUT2D eigenvalue weighted by Gasteiger charge is -2.12. The van der Waals surface area contributed by atoms with Crippen molar-refractivity contribution >= 4 is 11.6 Å². The van der Waals surface area contributed by atoms with Crippen LogP contribution in [0.15, 0.2) is 66.9 Å². The van der Waals surface area contributed by atoms with Crippen molar-refractivity contribution in [1.29, 1.82) is 0 Å². The van der Waals surface area contributed by atoms with Crippen molar-refractivity contribution in [1.82, 2.24) is 4.98 Å². The van der Waals surface area contributed by atoms with Crippen LogP contribution in [0.3, 0.4) is 0 Å². The smallest absolute Gasteiger partial charge is 0.228 e. The number of carbonyl (C=O) groups excluding carboxylic acids is 1. The van der Waals surface area contributed by atoms with Crippen LogP contribution in [0.1, 0.15) is 11.3 Å². The molecule has 0 aliphatic carbocycles. The van der Waals surface area contributed by atoms with Crippen molar-refractivity contribution in [2.24, 2.45) is 0 Å². The predicted molar refractivity (Wildman–Crippen MR) is 107 cm³/mol. The lowest BCUT2D eigenvalue weighted by Crippen LogP contribution is -2.15. The number of nitrogens with one attached hydrogen (secondary N) is 1. The molecule has 6 heteroatoms. The maximum atomic E-state index is 12.5. The number of nitrogens with zero attached hydrogens (tertiary/aromatic N) is 1. The van der Waals surface area contributed by atoms with Crippen LogP contribution in [0, 0.1) is 0 Å². The van der Waals surface area contributed by atoms with Gasteiger partial charge in [0.1, 0.15) is 23.9 Å². The summed E-state index contributed by atoms with van der Waals surface area (Å²) in [6.45, 7) is 0.360. The summed E-state index contributed by atoms with van der Waals surface area (Å²) in [6, 6.07) is 18.3. The van der Waals surface area contributed by atoms with Crippen molar-refractivity contribution in [3.63, 3.8) is 0 Å². The monoisotopic (exact) mass is 378 g/mol. The molecule has 6 nitrogen and oxygen atoms in total. The molecule has 0 saturated carbocycles. The fraction of sp³-hybridized carbons (Fsp3) is 0.182. The van der Waals surface area contributed by atoms with Crippen molar-refractivity contribution in [2.75, 3.05) is 19.5 Å². The Morgan fingerprint density at radius 1 is 0.964 bits per heavy atom. The molecule has 0 fully saturated rings. The number of anilines is 1. The SMILES string of the molecule is COc1ccc(OC)c(CC(=O)Nc2cccc(OCc3ccccn3)c2)c1. The number of aromatic nitrogens is 1. The molecule has 0 aliphatic heterocycles. The second-order valence-corrected chi connectivity index (χ2v) is 6.04. The van der Waals surface area contributed by atoms with E-state index in [4.69, 9.17) is 14.2 Å². The van der Waals surface area contributed by atoms with Gasteiger partial charge in [-0.15, -0.1) is 0 Å². The van der Waals surface area contributed by atoms with E-state index in [1.165, 1.54) is 0 Å². The van der Waals surface area contributed by atoms with Crippen LogP contribution in [0.4, 0.5) is 5.69 Å². The molecule has 1 N–H and O–H groups in total. The van der Waals surface area contributed by atoms with E-state index < -0.39 is 0 Å². The summed E-state index contributed by atoms with van der Waals surface area (Å²) < 4.78 is 16.3. The normalized spacial score (nSPS) is 10.2. The second-order valence-electron chi connectivity index (χ2n) is 6.04. The van der Waals surface area contributed by atoms with Gasteiger partial charge >= 0.3 is 0 Å². The van der Waals surface area contributed by atoms with Gasteiger partial charge in [-0.1, -0.05) is 12.1 Å². The van der Waals surface area contributed by atoms with E-state index in [-0.39, 0.29) is 12.3 Å². The van der Waals surface area contributed by atoms with Crippen molar-refractivity contribution in [3.8, 4) is 17.2 Å². The molecular weight excluding hydrogens is 356 g/mol. The number of rotatable bonds is 8. The molecule has 1 aromatic heterocycles. The second kappa shape index (κ2) is 9.41. The van der Waals surface area contributed by atoms with Crippen LogP contribution >= 0.6 is 0 Å². The highest BCUT2D eigenvalue weighted by Crippen LogP contribution is 2.25. The van der Waals surface area contributed by atoms with Gasteiger partial charge in [0.15, 0.2) is 0 Å². The van der Waals surface area contributed by atoms with Crippen LogP contribution in [0.5, 0.6) is 17.2 Å². The fourth-order valence-corrected chi connectivity index (χ4v) is 2.70. The molecular formula is C22H22N2O4. The Hall–Kier alpha value is -3.54. The minimum Gasteiger partial charge on any atom is -0.497 e. The summed E-state index contributed by atoms with van der Waals surface area (Å²) in [5.74, 6) is 1.81. The number of benzene rings is 2. The Balaban J connectivity index is 1.63. The highest BCUT2D eigenvalue weighted by atomic mass is 16.5. The maximum Gasteiger partial charge on any atom is 0.228 e. The summed E-state index contributed by atoms with van der Waals surface area (Å²) in [5, 5.41) is 2.89. The average molecular weight is 378 g/mol. The predicted octanol–water partition coefficient (Wildman–Crippen LogP) is 3.86. The van der Waals surface area contributed by atoms with Crippen molar-refractivity contribution < 1.29 is 19.0 Å². The van der Waals surface area contributed by atoms with Crippen LogP contribution in [0.25, 0.3) is 0 Å². The van der Waals surface area contributed by atoms with Gasteiger partial charge in [-0.2, -0.15) is 0 Å². The molecule has 3 rings (SSSR count). The molecule has 144 valence electrons. The minimum absolute atomic E-state index is 0.159. The van der Waals surface area contributed by atoms with Gasteiger partial charge in [0.2, 0.25) is 5.91 Å². The number of hydrogen-bond donors (Lipinski definition) is 1. The molecule has 0 saturated heterocycles. The zero-order valence-electron chi connectivity index (χ0n) is 15.8. The molecule has 0 bridgehead atoms. The third-order valence-electron chi connectivity index (χ3n) is 4.07. The van der Waals surface area contributed by atoms with E-state index in [1.54, 1.807) is 44.7 Å². The number of ether oxygens (including phenoxy) is 3. The first-order valence-corrected chi connectivity index (χ1v) is 8.81. The molecule has 28 heavy (non-hydrogen) atoms. The first kappa shape index (κ1) is 19.2. The van der Waals surface area contributed by atoms with E-state index in [0.29, 0.717) is 29.5 Å². The van der Waals surface area contributed by atoms with E-state index in [2.05, 4.69) is 10.3 Å². The van der Waals surface area contributed by atoms with Gasteiger partial charge in [0.05, 0.1) is 26.3 Å². The molecule has 1 amide bonds. The summed E-state index contributed by atoms with van der Waals surface area (Å²) in [6.07, 6.45) is 1.89. The highest BCUT2D eigenvalue weighted by molar-refractivity contribution is 5.92. The van der Waals surface area contributed by atoms with Gasteiger partial charge in [-0.05, 0) is 42.5 Å². The van der Waals surface area contributed by atoms with Crippen LogP contribution < -0.4 is 19.5 Å². The Labute approximate surface area is 164 Å². The zero-order valence-corrected chi connectivity index (χ0v) is 15.8. The Bertz CT molecular complexity index is 929. The van der Waals surface area contributed by atoms with Crippen LogP contribution in [0.2, 0.25) is 0 Å². The molecule has 2 aromatic carbocycles. The summed E-state index contributed by atoms with van der Waals surface area (Å²) >= 11 is 0. The number of methoxy groups -OCH3 is 2. The number of hydrogen-bond acceptors (Lipinski definition) is 5. The summed E-state index contributed by atoms with van der Waals surface area (Å²) in [4.78, 5) is 16.7. The number of carbonyl (C=O) groups is 1. The molecule has 0 atom stereocenters. The lowest BCUT2D eigenvalue weighted by atomic mass is 10.1. The number of pyridine rings is 1. The quantitative estimate of drug-likeness (QED) is 0.645. The van der Waals surface area contributed by atoms with Gasteiger partial charge < -0.3 is 19.5 Å². The lowest BCUT2D eigenvalue weighted by molar-refractivity contribution is -0.115. The molecule has 3 aromatic rings. The fourth-order valence-electron chi connectivity index (χ4n) is 2.70. The van der Waals surface area contributed by atoms with Gasteiger partial charge in [0, 0.05) is 23.5 Å². The summed E-state index contributed by atoms with van der Waals surface area (Å²) in [7, 11) is 3.16. The third kappa shape index (κ3) is 5.23. The van der Waals surface area contributed by atoms with E-state index in [9.17, 15) is 4.79 Å². The standard InChI is InChI=1S/C22H22N2O4/c1-26-19-9-10-21(27-2)16(12-19)13-22(25)24-17-7-5-8-20(14-17)28-15-18-6-3-4-11-23-18/h3-12,14H,13,15H2,1-2H3,(H,24,25). The van der Waals surface area contributed by atoms with Crippen LogP contribution in [-0.2, 0) is 17.8 Å². The maximum absolute atomic E-state index is 12.5. The van der Waals surface area contributed by atoms with Crippen molar-refractivity contribution in [3.05, 3.63) is 78.1 Å². The Morgan fingerprint density at radius 3 is 2.61 bits per heavy atom. The van der Waals surface area contributed by atoms with Gasteiger partial charge in [-0.3, -0.25) is 9.78 Å². The molecule has 0 unspecified atom stereocenters. The zero-order chi connectivity index (χ0) is 19.8. The molecule has 0 spiro atoms. The van der Waals surface area contributed by atoms with E-state index in [1.807, 2.05) is 36.4 Å². The summed E-state index contributed by atoms with van der Waals surface area (Å²) in [5.41, 5.74) is 2.24. The van der Waals surface area contributed by atoms with E-state index >= 15 is 0 Å². The Morgan fingerprint density at radius 2 is 1.86 bits per heavy atom. The van der Waals surface area contributed by atoms with Gasteiger partial charge in [-0.25, -0.2) is 0 Å². The number of amides is 1. The minimum atomic E-state index is -0.159. The first-order chi connectivity index (χ1) is 13.7. The average Bonchev–Trinajstić information content (AvgIpc) is 2.73. The largest absolute Gasteiger partial charge is 0.497 e. The van der Waals surface area contributed by atoms with E-state index in [0.717, 1.165) is 11.3 Å². The first-order valence-electron chi connectivity index (χ1n) is 8.81.